The minimum absolute atomic E-state index is 0. The van der Waals surface area contributed by atoms with Crippen molar-refractivity contribution in [2.75, 3.05) is 0 Å². The van der Waals surface area contributed by atoms with Crippen molar-refractivity contribution in [3.63, 3.8) is 0 Å². The molecule has 0 nitrogen and oxygen atoms in total. The first-order valence-electron chi connectivity index (χ1n) is 15.7. The van der Waals surface area contributed by atoms with Gasteiger partial charge in [0.15, 0.2) is 0 Å². The zero-order chi connectivity index (χ0) is 26.1. The summed E-state index contributed by atoms with van der Waals surface area (Å²) in [5.74, 6) is 0. The van der Waals surface area contributed by atoms with E-state index in [1.165, 1.54) is 72.9 Å². The van der Waals surface area contributed by atoms with Crippen LogP contribution < -0.4 is 24.8 Å². The van der Waals surface area contributed by atoms with Crippen molar-refractivity contribution in [3.8, 4) is 0 Å². The Morgan fingerprint density at radius 3 is 1.46 bits per heavy atom. The second kappa shape index (κ2) is 11.4. The monoisotopic (exact) mass is 656 g/mol. The molecule has 0 spiro atoms. The number of hydrogen-bond acceptors (Lipinski definition) is 0. The third kappa shape index (κ3) is 4.24. The number of fused-ring (bicyclic) bond motifs is 7. The molecule has 210 valence electrons. The van der Waals surface area contributed by atoms with Crippen LogP contribution in [0.5, 0.6) is 0 Å². The van der Waals surface area contributed by atoms with Crippen LogP contribution in [-0.4, -0.2) is 0 Å². The number of rotatable bonds is 6. The Morgan fingerprint density at radius 1 is 0.585 bits per heavy atom. The van der Waals surface area contributed by atoms with Crippen LogP contribution in [0.1, 0.15) is 94.7 Å². The van der Waals surface area contributed by atoms with E-state index in [1.807, 2.05) is 11.1 Å². The van der Waals surface area contributed by atoms with Crippen LogP contribution in [0.2, 0.25) is 7.25 Å². The SMILES string of the molecule is CCCC1=Cc2c(ccc3ccccc23)[CH]1[Zr+2]1([CH]2C(CCC)=Cc3c2ccc2ccccc32)[CH]2CCCC[CH]21.[Cl-].[Cl-]. The minimum Gasteiger partial charge on any atom is -1.00 e. The maximum atomic E-state index is 2.70. The fraction of sp³-hybridized carbons (Fsp3) is 0.368. The van der Waals surface area contributed by atoms with Gasteiger partial charge in [-0.1, -0.05) is 0 Å². The summed E-state index contributed by atoms with van der Waals surface area (Å²) in [6.45, 7) is 4.81. The van der Waals surface area contributed by atoms with Crippen LogP contribution in [0.4, 0.5) is 0 Å². The zero-order valence-corrected chi connectivity index (χ0v) is 28.3. The van der Waals surface area contributed by atoms with E-state index in [0.717, 1.165) is 14.5 Å². The van der Waals surface area contributed by atoms with Gasteiger partial charge >= 0.3 is 240 Å². The van der Waals surface area contributed by atoms with Crippen molar-refractivity contribution in [1.29, 1.82) is 0 Å². The van der Waals surface area contributed by atoms with Gasteiger partial charge in [-0.25, -0.2) is 0 Å². The van der Waals surface area contributed by atoms with E-state index in [4.69, 9.17) is 0 Å². The van der Waals surface area contributed by atoms with Gasteiger partial charge in [-0.05, 0) is 0 Å². The quantitative estimate of drug-likeness (QED) is 0.257. The summed E-state index contributed by atoms with van der Waals surface area (Å²) in [6, 6.07) is 28.4. The molecule has 0 aromatic heterocycles. The molecule has 1 heterocycles. The number of benzene rings is 4. The molecule has 4 aromatic carbocycles. The Balaban J connectivity index is 0.00000151. The summed E-state index contributed by atoms with van der Waals surface area (Å²) in [7, 11) is 0. The van der Waals surface area contributed by atoms with Gasteiger partial charge in [0, 0.05) is 0 Å². The van der Waals surface area contributed by atoms with E-state index < -0.39 is 20.3 Å². The van der Waals surface area contributed by atoms with E-state index in [1.54, 1.807) is 22.3 Å². The first kappa shape index (κ1) is 29.4. The van der Waals surface area contributed by atoms with E-state index in [9.17, 15) is 0 Å². The number of hydrogen-bond donors (Lipinski definition) is 0. The normalized spacial score (nSPS) is 25.7. The number of halogens is 2. The molecule has 1 saturated heterocycles. The maximum absolute atomic E-state index is 2.88. The van der Waals surface area contributed by atoms with Crippen molar-refractivity contribution >= 4 is 33.7 Å². The molecular weight excluding hydrogens is 619 g/mol. The molecule has 0 amide bonds. The van der Waals surface area contributed by atoms with E-state index in [-0.39, 0.29) is 24.8 Å². The molecule has 41 heavy (non-hydrogen) atoms. The van der Waals surface area contributed by atoms with Gasteiger partial charge in [0.2, 0.25) is 0 Å². The molecular formula is C38H40Cl2Zr. The third-order valence-corrected chi connectivity index (χ3v) is 28.1. The molecule has 3 aliphatic carbocycles. The predicted molar refractivity (Wildman–Crippen MR) is 165 cm³/mol. The first-order chi connectivity index (χ1) is 19.3. The zero-order valence-electron chi connectivity index (χ0n) is 24.3. The average Bonchev–Trinajstić information content (AvgIpc) is 3.26. The van der Waals surface area contributed by atoms with Crippen LogP contribution in [0.25, 0.3) is 33.7 Å². The number of allylic oxidation sites excluding steroid dienone is 2. The summed E-state index contributed by atoms with van der Waals surface area (Å²) in [4.78, 5) is 0. The van der Waals surface area contributed by atoms with Crippen LogP contribution in [0.3, 0.4) is 0 Å². The molecule has 2 fully saturated rings. The Morgan fingerprint density at radius 2 is 1.02 bits per heavy atom. The maximum Gasteiger partial charge on any atom is -1.00 e. The van der Waals surface area contributed by atoms with Crippen molar-refractivity contribution in [2.24, 2.45) is 0 Å². The largest absolute Gasteiger partial charge is 1.00 e. The van der Waals surface area contributed by atoms with Crippen LogP contribution >= 0.6 is 0 Å². The summed E-state index contributed by atoms with van der Waals surface area (Å²) < 4.78 is 3.63. The smallest absolute Gasteiger partial charge is 1.00 e. The van der Waals surface area contributed by atoms with Gasteiger partial charge in [-0.2, -0.15) is 0 Å². The Kier molecular flexibility index (Phi) is 8.21. The molecule has 1 aliphatic heterocycles. The molecule has 0 radical (unpaired) electrons. The van der Waals surface area contributed by atoms with Crippen LogP contribution in [0, 0.1) is 0 Å². The van der Waals surface area contributed by atoms with E-state index >= 15 is 0 Å². The van der Waals surface area contributed by atoms with Gasteiger partial charge in [-0.15, -0.1) is 0 Å². The Bertz CT molecular complexity index is 1560. The second-order valence-electron chi connectivity index (χ2n) is 12.9. The molecule has 1 saturated carbocycles. The Hall–Kier alpha value is -1.66. The summed E-state index contributed by atoms with van der Waals surface area (Å²) in [5.41, 5.74) is 10.3. The fourth-order valence-corrected chi connectivity index (χ4v) is 33.0. The third-order valence-electron chi connectivity index (χ3n) is 11.1. The van der Waals surface area contributed by atoms with Gasteiger partial charge in [0.1, 0.15) is 0 Å². The van der Waals surface area contributed by atoms with E-state index in [0.29, 0.717) is 0 Å². The second-order valence-corrected chi connectivity index (χ2v) is 24.3. The van der Waals surface area contributed by atoms with E-state index in [2.05, 4.69) is 98.8 Å². The average molecular weight is 659 g/mol. The molecule has 4 aromatic rings. The first-order valence-corrected chi connectivity index (χ1v) is 21.4. The van der Waals surface area contributed by atoms with Gasteiger partial charge in [-0.3, -0.25) is 0 Å². The van der Waals surface area contributed by atoms with Crippen molar-refractivity contribution in [2.45, 2.75) is 79.7 Å². The van der Waals surface area contributed by atoms with Crippen molar-refractivity contribution in [1.82, 2.24) is 0 Å². The molecule has 4 unspecified atom stereocenters. The molecule has 3 heteroatoms. The van der Waals surface area contributed by atoms with Crippen molar-refractivity contribution < 1.29 is 45.1 Å². The molecule has 0 N–H and O–H groups in total. The standard InChI is InChI=1S/2C16H15.C6H10.2ClH.Zr/c2*1-2-5-12-10-14-9-8-13-6-3-4-7-15(13)16(14)11-12;1-2-4-6-5-3-1;;;/h2*3-4,6-11H,2,5H2,1H3;1-2H,3-6H2;2*1H;/q;;;;;+2/p-2. The summed E-state index contributed by atoms with van der Waals surface area (Å²) in [6.07, 6.45) is 16.4. The molecule has 0 bridgehead atoms. The molecule has 4 atom stereocenters. The minimum atomic E-state index is -2.88. The molecule has 8 rings (SSSR count). The van der Waals surface area contributed by atoms with Gasteiger partial charge in [0.05, 0.1) is 0 Å². The van der Waals surface area contributed by atoms with Crippen molar-refractivity contribution in [3.05, 3.63) is 106 Å². The predicted octanol–water partition coefficient (Wildman–Crippen LogP) is 5.50. The van der Waals surface area contributed by atoms with Gasteiger partial charge in [0.25, 0.3) is 0 Å². The summed E-state index contributed by atoms with van der Waals surface area (Å²) >= 11 is -2.88. The van der Waals surface area contributed by atoms with Crippen LogP contribution in [-0.2, 0) is 20.3 Å². The fourth-order valence-electron chi connectivity index (χ4n) is 9.82. The van der Waals surface area contributed by atoms with Gasteiger partial charge < -0.3 is 24.8 Å². The van der Waals surface area contributed by atoms with Crippen LogP contribution in [0.15, 0.2) is 83.9 Å². The Labute approximate surface area is 262 Å². The summed E-state index contributed by atoms with van der Waals surface area (Å²) in [5, 5.41) is 5.79. The molecule has 4 aliphatic rings. The topological polar surface area (TPSA) is 0 Å².